The van der Waals surface area contributed by atoms with Crippen LogP contribution in [0.3, 0.4) is 0 Å². The lowest BCUT2D eigenvalue weighted by Gasteiger charge is -1.97. The zero-order chi connectivity index (χ0) is 9.97. The molecular formula is C11H8O3. The number of carbonyl (C=O) groups excluding carboxylic acids is 1. The van der Waals surface area contributed by atoms with E-state index < -0.39 is 0 Å². The molecule has 70 valence electrons. The third-order valence-electron chi connectivity index (χ3n) is 1.89. The van der Waals surface area contributed by atoms with Gasteiger partial charge in [-0.3, -0.25) is 4.79 Å². The highest BCUT2D eigenvalue weighted by Crippen LogP contribution is 2.32. The van der Waals surface area contributed by atoms with Gasteiger partial charge in [0, 0.05) is 11.6 Å². The van der Waals surface area contributed by atoms with Gasteiger partial charge in [-0.25, -0.2) is 0 Å². The van der Waals surface area contributed by atoms with Gasteiger partial charge in [-0.15, -0.1) is 5.73 Å². The molecule has 0 amide bonds. The van der Waals surface area contributed by atoms with Crippen molar-refractivity contribution in [3.63, 3.8) is 0 Å². The number of fused-ring (bicyclic) bond motifs is 1. The molecular weight excluding hydrogens is 180 g/mol. The Morgan fingerprint density at radius 1 is 1.43 bits per heavy atom. The van der Waals surface area contributed by atoms with Crippen LogP contribution in [0, 0.1) is 0 Å². The van der Waals surface area contributed by atoms with E-state index in [2.05, 4.69) is 12.3 Å². The molecule has 1 heterocycles. The fourth-order valence-electron chi connectivity index (χ4n) is 1.23. The maximum atomic E-state index is 11.4. The van der Waals surface area contributed by atoms with Crippen molar-refractivity contribution in [1.29, 1.82) is 0 Å². The third kappa shape index (κ3) is 1.41. The summed E-state index contributed by atoms with van der Waals surface area (Å²) in [5.41, 5.74) is 2.98. The van der Waals surface area contributed by atoms with Gasteiger partial charge in [0.1, 0.15) is 0 Å². The van der Waals surface area contributed by atoms with Gasteiger partial charge in [-0.05, 0) is 18.2 Å². The van der Waals surface area contributed by atoms with E-state index >= 15 is 0 Å². The van der Waals surface area contributed by atoms with Crippen LogP contribution in [0.2, 0.25) is 0 Å². The van der Waals surface area contributed by atoms with E-state index in [1.54, 1.807) is 18.2 Å². The van der Waals surface area contributed by atoms with E-state index in [-0.39, 0.29) is 12.6 Å². The van der Waals surface area contributed by atoms with Crippen LogP contribution in [-0.2, 0) is 0 Å². The van der Waals surface area contributed by atoms with Crippen molar-refractivity contribution >= 4 is 5.78 Å². The fourth-order valence-corrected chi connectivity index (χ4v) is 1.23. The summed E-state index contributed by atoms with van der Waals surface area (Å²) in [5.74, 6) is 1.13. The van der Waals surface area contributed by atoms with Crippen LogP contribution in [0.25, 0.3) is 0 Å². The molecule has 0 saturated carbocycles. The summed E-state index contributed by atoms with van der Waals surface area (Å²) in [5, 5.41) is 0. The molecule has 0 unspecified atom stereocenters. The molecule has 0 aromatic heterocycles. The minimum absolute atomic E-state index is 0.140. The number of carbonyl (C=O) groups is 1. The molecule has 0 N–H and O–H groups in total. The second-order valence-corrected chi connectivity index (χ2v) is 2.78. The van der Waals surface area contributed by atoms with Gasteiger partial charge >= 0.3 is 0 Å². The largest absolute Gasteiger partial charge is 0.454 e. The molecule has 1 aliphatic heterocycles. The molecule has 1 aromatic carbocycles. The predicted octanol–water partition coefficient (Wildman–Crippen LogP) is 1.94. The second-order valence-electron chi connectivity index (χ2n) is 2.78. The molecule has 1 aliphatic rings. The molecule has 0 bridgehead atoms. The standard InChI is InChI=1S/C11H8O3/c1-2-3-9(12)8-4-5-10-11(6-8)14-7-13-10/h3-6H,1,7H2. The first kappa shape index (κ1) is 8.60. The quantitative estimate of drug-likeness (QED) is 0.404. The summed E-state index contributed by atoms with van der Waals surface area (Å²) >= 11 is 0. The van der Waals surface area contributed by atoms with Crippen molar-refractivity contribution in [2.24, 2.45) is 0 Å². The zero-order valence-corrected chi connectivity index (χ0v) is 7.45. The average molecular weight is 188 g/mol. The topological polar surface area (TPSA) is 35.5 Å². The number of hydrogen-bond acceptors (Lipinski definition) is 3. The van der Waals surface area contributed by atoms with E-state index in [0.29, 0.717) is 17.1 Å². The third-order valence-corrected chi connectivity index (χ3v) is 1.89. The fraction of sp³-hybridized carbons (Fsp3) is 0.0909. The van der Waals surface area contributed by atoms with Crippen molar-refractivity contribution in [2.75, 3.05) is 6.79 Å². The minimum atomic E-state index is -0.140. The molecule has 3 nitrogen and oxygen atoms in total. The molecule has 1 aromatic rings. The van der Waals surface area contributed by atoms with Gasteiger partial charge in [0.2, 0.25) is 6.79 Å². The van der Waals surface area contributed by atoms with Gasteiger partial charge in [-0.1, -0.05) is 6.58 Å². The van der Waals surface area contributed by atoms with E-state index in [1.807, 2.05) is 0 Å². The highest BCUT2D eigenvalue weighted by molar-refractivity contribution is 6.04. The molecule has 3 heteroatoms. The van der Waals surface area contributed by atoms with Crippen LogP contribution in [0.4, 0.5) is 0 Å². The summed E-state index contributed by atoms with van der Waals surface area (Å²) in [6.07, 6.45) is 1.29. The minimum Gasteiger partial charge on any atom is -0.454 e. The van der Waals surface area contributed by atoms with Crippen molar-refractivity contribution in [1.82, 2.24) is 0 Å². The first-order valence-corrected chi connectivity index (χ1v) is 4.11. The summed E-state index contributed by atoms with van der Waals surface area (Å²) in [7, 11) is 0. The van der Waals surface area contributed by atoms with E-state index in [9.17, 15) is 4.79 Å². The van der Waals surface area contributed by atoms with Crippen molar-refractivity contribution in [3.05, 3.63) is 42.1 Å². The molecule has 14 heavy (non-hydrogen) atoms. The molecule has 0 atom stereocenters. The maximum Gasteiger partial charge on any atom is 0.231 e. The van der Waals surface area contributed by atoms with Crippen LogP contribution >= 0.6 is 0 Å². The first-order valence-electron chi connectivity index (χ1n) is 4.11. The highest BCUT2D eigenvalue weighted by atomic mass is 16.7. The number of ketones is 1. The van der Waals surface area contributed by atoms with E-state index in [0.717, 1.165) is 0 Å². The van der Waals surface area contributed by atoms with Crippen LogP contribution in [-0.4, -0.2) is 12.6 Å². The van der Waals surface area contributed by atoms with Crippen molar-refractivity contribution in [3.8, 4) is 11.5 Å². The predicted molar refractivity (Wildman–Crippen MR) is 50.6 cm³/mol. The van der Waals surface area contributed by atoms with Crippen molar-refractivity contribution in [2.45, 2.75) is 0 Å². The molecule has 0 saturated heterocycles. The lowest BCUT2D eigenvalue weighted by atomic mass is 10.1. The van der Waals surface area contributed by atoms with E-state index in [4.69, 9.17) is 9.47 Å². The van der Waals surface area contributed by atoms with Crippen LogP contribution in [0.15, 0.2) is 36.6 Å². The average Bonchev–Trinajstić information content (AvgIpc) is 2.64. The molecule has 0 spiro atoms. The second kappa shape index (κ2) is 3.40. The lowest BCUT2D eigenvalue weighted by Crippen LogP contribution is -1.94. The Labute approximate surface area is 81.3 Å². The number of benzene rings is 1. The van der Waals surface area contributed by atoms with Gasteiger partial charge in [-0.2, -0.15) is 0 Å². The summed E-state index contributed by atoms with van der Waals surface area (Å²) in [6.45, 7) is 3.55. The Hall–Kier alpha value is -1.99. The Kier molecular flexibility index (Phi) is 2.09. The summed E-state index contributed by atoms with van der Waals surface area (Å²) < 4.78 is 10.3. The molecule has 0 radical (unpaired) electrons. The summed E-state index contributed by atoms with van der Waals surface area (Å²) in [4.78, 5) is 11.4. The Bertz CT molecular complexity index is 428. The number of allylic oxidation sites excluding steroid dienone is 1. The summed E-state index contributed by atoms with van der Waals surface area (Å²) in [6, 6.07) is 5.05. The maximum absolute atomic E-state index is 11.4. The molecule has 0 fully saturated rings. The number of rotatable bonds is 2. The number of ether oxygens (including phenoxy) is 2. The van der Waals surface area contributed by atoms with Crippen LogP contribution < -0.4 is 9.47 Å². The van der Waals surface area contributed by atoms with Crippen LogP contribution in [0.1, 0.15) is 10.4 Å². The van der Waals surface area contributed by atoms with Crippen molar-refractivity contribution < 1.29 is 14.3 Å². The lowest BCUT2D eigenvalue weighted by molar-refractivity contribution is 0.104. The molecule has 2 rings (SSSR count). The van der Waals surface area contributed by atoms with Gasteiger partial charge in [0.15, 0.2) is 17.3 Å². The highest BCUT2D eigenvalue weighted by Gasteiger charge is 2.14. The van der Waals surface area contributed by atoms with Gasteiger partial charge in [0.25, 0.3) is 0 Å². The Morgan fingerprint density at radius 2 is 2.21 bits per heavy atom. The first-order chi connectivity index (χ1) is 6.81. The Morgan fingerprint density at radius 3 is 3.00 bits per heavy atom. The van der Waals surface area contributed by atoms with Crippen LogP contribution in [0.5, 0.6) is 11.5 Å². The normalized spacial score (nSPS) is 12.0. The van der Waals surface area contributed by atoms with Gasteiger partial charge in [0.05, 0.1) is 0 Å². The smallest absolute Gasteiger partial charge is 0.231 e. The Balaban J connectivity index is 2.37. The number of hydrogen-bond donors (Lipinski definition) is 0. The van der Waals surface area contributed by atoms with E-state index in [1.165, 1.54) is 6.08 Å². The SMILES string of the molecule is C=C=CC(=O)c1ccc2c(c1)OCO2. The monoisotopic (exact) mass is 188 g/mol. The molecule has 0 aliphatic carbocycles. The zero-order valence-electron chi connectivity index (χ0n) is 7.45. The van der Waals surface area contributed by atoms with Gasteiger partial charge < -0.3 is 9.47 Å².